The molecule has 0 saturated heterocycles. The van der Waals surface area contributed by atoms with Gasteiger partial charge in [0.25, 0.3) is 0 Å². The topological polar surface area (TPSA) is 52.0 Å². The summed E-state index contributed by atoms with van der Waals surface area (Å²) in [6.45, 7) is 0.623. The van der Waals surface area contributed by atoms with Crippen LogP contribution in [0.4, 0.5) is 11.6 Å². The summed E-state index contributed by atoms with van der Waals surface area (Å²) in [5.41, 5.74) is 0.902. The van der Waals surface area contributed by atoms with Gasteiger partial charge in [-0.2, -0.15) is 4.98 Å². The highest BCUT2D eigenvalue weighted by Gasteiger charge is 2.02. The molecular formula is C17H17ClN4O. The molecule has 1 aromatic carbocycles. The standard InChI is InChI=1S/C17H17ClN4O/c18-9-3-13-23-15-6-4-14(5-7-15)20-17-19-10-8-16(21-17)22-11-1-2-12-22/h1-2,4-8,10-12H,3,9,13H2,(H,19,20,21). The van der Waals surface area contributed by atoms with Crippen LogP contribution in [-0.4, -0.2) is 27.0 Å². The van der Waals surface area contributed by atoms with Crippen LogP contribution in [0.2, 0.25) is 0 Å². The van der Waals surface area contributed by atoms with E-state index >= 15 is 0 Å². The fourth-order valence-corrected chi connectivity index (χ4v) is 2.16. The van der Waals surface area contributed by atoms with Gasteiger partial charge in [0, 0.05) is 30.2 Å². The van der Waals surface area contributed by atoms with Gasteiger partial charge >= 0.3 is 0 Å². The zero-order chi connectivity index (χ0) is 15.9. The number of nitrogens with one attached hydrogen (secondary N) is 1. The number of rotatable bonds is 7. The maximum Gasteiger partial charge on any atom is 0.229 e. The average molecular weight is 329 g/mol. The lowest BCUT2D eigenvalue weighted by Gasteiger charge is -2.09. The van der Waals surface area contributed by atoms with Gasteiger partial charge in [0.15, 0.2) is 0 Å². The van der Waals surface area contributed by atoms with Crippen molar-refractivity contribution in [2.45, 2.75) is 6.42 Å². The Morgan fingerprint density at radius 2 is 1.87 bits per heavy atom. The first-order valence-corrected chi connectivity index (χ1v) is 7.91. The number of hydrogen-bond donors (Lipinski definition) is 1. The van der Waals surface area contributed by atoms with E-state index in [1.807, 2.05) is 59.4 Å². The van der Waals surface area contributed by atoms with Crippen molar-refractivity contribution in [1.82, 2.24) is 14.5 Å². The van der Waals surface area contributed by atoms with E-state index in [-0.39, 0.29) is 0 Å². The van der Waals surface area contributed by atoms with E-state index in [4.69, 9.17) is 16.3 Å². The first kappa shape index (κ1) is 15.4. The van der Waals surface area contributed by atoms with Crippen LogP contribution in [-0.2, 0) is 0 Å². The third-order valence-electron chi connectivity index (χ3n) is 3.17. The van der Waals surface area contributed by atoms with Crippen molar-refractivity contribution in [2.75, 3.05) is 17.8 Å². The summed E-state index contributed by atoms with van der Waals surface area (Å²) in [4.78, 5) is 8.73. The monoisotopic (exact) mass is 328 g/mol. The second-order valence-corrected chi connectivity index (χ2v) is 5.25. The molecule has 0 fully saturated rings. The van der Waals surface area contributed by atoms with Crippen molar-refractivity contribution in [1.29, 1.82) is 0 Å². The van der Waals surface area contributed by atoms with Crippen LogP contribution in [0, 0.1) is 0 Å². The van der Waals surface area contributed by atoms with Crippen molar-refractivity contribution < 1.29 is 4.74 Å². The Morgan fingerprint density at radius 1 is 1.09 bits per heavy atom. The third-order valence-corrected chi connectivity index (χ3v) is 3.43. The van der Waals surface area contributed by atoms with Gasteiger partial charge < -0.3 is 14.6 Å². The van der Waals surface area contributed by atoms with E-state index in [2.05, 4.69) is 15.3 Å². The van der Waals surface area contributed by atoms with Crippen molar-refractivity contribution in [3.8, 4) is 11.6 Å². The van der Waals surface area contributed by atoms with Crippen LogP contribution in [0.25, 0.3) is 5.82 Å². The zero-order valence-electron chi connectivity index (χ0n) is 12.5. The van der Waals surface area contributed by atoms with Crippen LogP contribution in [0.1, 0.15) is 6.42 Å². The molecule has 2 heterocycles. The molecule has 0 unspecified atom stereocenters. The number of halogens is 1. The van der Waals surface area contributed by atoms with Crippen LogP contribution in [0.3, 0.4) is 0 Å². The van der Waals surface area contributed by atoms with E-state index in [0.717, 1.165) is 23.7 Å². The Kier molecular flexibility index (Phi) is 5.11. The van der Waals surface area contributed by atoms with Crippen molar-refractivity contribution in [3.63, 3.8) is 0 Å². The molecule has 0 atom stereocenters. The number of nitrogens with zero attached hydrogens (tertiary/aromatic N) is 3. The van der Waals surface area contributed by atoms with Gasteiger partial charge in [-0.1, -0.05) is 0 Å². The number of hydrogen-bond acceptors (Lipinski definition) is 4. The molecule has 0 aliphatic rings. The summed E-state index contributed by atoms with van der Waals surface area (Å²) in [5, 5.41) is 3.19. The van der Waals surface area contributed by atoms with Gasteiger partial charge in [-0.3, -0.25) is 0 Å². The Bertz CT molecular complexity index is 729. The number of anilines is 2. The molecule has 5 nitrogen and oxygen atoms in total. The second kappa shape index (κ2) is 7.65. The summed E-state index contributed by atoms with van der Waals surface area (Å²) < 4.78 is 7.50. The largest absolute Gasteiger partial charge is 0.494 e. The minimum absolute atomic E-state index is 0.548. The summed E-state index contributed by atoms with van der Waals surface area (Å²) in [7, 11) is 0. The normalized spacial score (nSPS) is 10.5. The number of ether oxygens (including phenoxy) is 1. The average Bonchev–Trinajstić information content (AvgIpc) is 3.12. The Labute approximate surface area is 139 Å². The highest BCUT2D eigenvalue weighted by Crippen LogP contribution is 2.19. The van der Waals surface area contributed by atoms with Crippen LogP contribution in [0.5, 0.6) is 5.75 Å². The van der Waals surface area contributed by atoms with Crippen molar-refractivity contribution >= 4 is 23.2 Å². The Hall–Kier alpha value is -2.53. The molecule has 118 valence electrons. The van der Waals surface area contributed by atoms with E-state index < -0.39 is 0 Å². The molecule has 0 aliphatic heterocycles. The van der Waals surface area contributed by atoms with Gasteiger partial charge in [-0.05, 0) is 48.9 Å². The summed E-state index contributed by atoms with van der Waals surface area (Å²) in [6, 6.07) is 13.5. The van der Waals surface area contributed by atoms with E-state index in [9.17, 15) is 0 Å². The third kappa shape index (κ3) is 4.23. The van der Waals surface area contributed by atoms with Crippen LogP contribution < -0.4 is 10.1 Å². The minimum atomic E-state index is 0.548. The predicted molar refractivity (Wildman–Crippen MR) is 91.9 cm³/mol. The second-order valence-electron chi connectivity index (χ2n) is 4.87. The van der Waals surface area contributed by atoms with Gasteiger partial charge in [0.2, 0.25) is 5.95 Å². The lowest BCUT2D eigenvalue weighted by atomic mass is 10.3. The zero-order valence-corrected chi connectivity index (χ0v) is 13.3. The van der Waals surface area contributed by atoms with Crippen LogP contribution in [0.15, 0.2) is 61.1 Å². The molecular weight excluding hydrogens is 312 g/mol. The Morgan fingerprint density at radius 3 is 2.61 bits per heavy atom. The lowest BCUT2D eigenvalue weighted by molar-refractivity contribution is 0.318. The molecule has 3 aromatic rings. The first-order valence-electron chi connectivity index (χ1n) is 7.37. The molecule has 2 aromatic heterocycles. The molecule has 23 heavy (non-hydrogen) atoms. The van der Waals surface area contributed by atoms with Crippen LogP contribution >= 0.6 is 11.6 Å². The predicted octanol–water partition coefficient (Wildman–Crippen LogP) is 4.02. The molecule has 0 bridgehead atoms. The fourth-order valence-electron chi connectivity index (χ4n) is 2.05. The summed E-state index contributed by atoms with van der Waals surface area (Å²) in [6.07, 6.45) is 6.45. The molecule has 6 heteroatoms. The number of benzene rings is 1. The molecule has 3 rings (SSSR count). The van der Waals surface area contributed by atoms with E-state index in [1.54, 1.807) is 6.20 Å². The highest BCUT2D eigenvalue weighted by molar-refractivity contribution is 6.17. The Balaban J connectivity index is 1.66. The smallest absolute Gasteiger partial charge is 0.229 e. The summed E-state index contributed by atoms with van der Waals surface area (Å²) in [5.74, 6) is 2.79. The highest BCUT2D eigenvalue weighted by atomic mass is 35.5. The molecule has 0 saturated carbocycles. The first-order chi connectivity index (χ1) is 11.3. The van der Waals surface area contributed by atoms with Gasteiger partial charge in [0.1, 0.15) is 11.6 Å². The SMILES string of the molecule is ClCCCOc1ccc(Nc2nccc(-n3cccc3)n2)cc1. The minimum Gasteiger partial charge on any atom is -0.494 e. The van der Waals surface area contributed by atoms with Gasteiger partial charge in [-0.25, -0.2) is 4.98 Å². The van der Waals surface area contributed by atoms with Gasteiger partial charge in [-0.15, -0.1) is 11.6 Å². The van der Waals surface area contributed by atoms with E-state index in [1.165, 1.54) is 0 Å². The fraction of sp³-hybridized carbons (Fsp3) is 0.176. The maximum atomic E-state index is 5.63. The molecule has 0 aliphatic carbocycles. The quantitative estimate of drug-likeness (QED) is 0.526. The van der Waals surface area contributed by atoms with Crippen molar-refractivity contribution in [2.24, 2.45) is 0 Å². The lowest BCUT2D eigenvalue weighted by Crippen LogP contribution is -2.01. The van der Waals surface area contributed by atoms with Crippen molar-refractivity contribution in [3.05, 3.63) is 61.1 Å². The molecule has 0 amide bonds. The van der Waals surface area contributed by atoms with Gasteiger partial charge in [0.05, 0.1) is 6.61 Å². The molecule has 1 N–H and O–H groups in total. The number of alkyl halides is 1. The summed E-state index contributed by atoms with van der Waals surface area (Å²) >= 11 is 5.63. The maximum absolute atomic E-state index is 5.63. The molecule has 0 radical (unpaired) electrons. The van der Waals surface area contributed by atoms with E-state index in [0.29, 0.717) is 18.4 Å². The number of aromatic nitrogens is 3. The molecule has 0 spiro atoms.